The van der Waals surface area contributed by atoms with E-state index in [0.29, 0.717) is 17.9 Å². The lowest BCUT2D eigenvalue weighted by molar-refractivity contribution is -0.115. The third kappa shape index (κ3) is 5.72. The molecule has 1 atom stereocenters. The molecular weight excluding hydrogens is 382 g/mol. The zero-order chi connectivity index (χ0) is 20.6. The fourth-order valence-electron chi connectivity index (χ4n) is 2.84. The van der Waals surface area contributed by atoms with Gasteiger partial charge in [-0.3, -0.25) is 9.59 Å². The second-order valence-electron chi connectivity index (χ2n) is 6.44. The van der Waals surface area contributed by atoms with Crippen LogP contribution in [0.25, 0.3) is 0 Å². The molecule has 3 aromatic rings. The predicted molar refractivity (Wildman–Crippen MR) is 118 cm³/mol. The molecule has 3 aromatic carbocycles. The summed E-state index contributed by atoms with van der Waals surface area (Å²) in [4.78, 5) is 25.7. The van der Waals surface area contributed by atoms with E-state index >= 15 is 0 Å². The highest BCUT2D eigenvalue weighted by molar-refractivity contribution is 8.00. The fourth-order valence-corrected chi connectivity index (χ4v) is 3.87. The van der Waals surface area contributed by atoms with E-state index in [2.05, 4.69) is 5.32 Å². The summed E-state index contributed by atoms with van der Waals surface area (Å²) in [7, 11) is 0. The normalized spacial score (nSPS) is 11.5. The molecule has 0 radical (unpaired) electrons. The largest absolute Gasteiger partial charge is 0.494 e. The molecule has 0 spiro atoms. The van der Waals surface area contributed by atoms with Crippen LogP contribution in [0.4, 0.5) is 5.69 Å². The van der Waals surface area contributed by atoms with Gasteiger partial charge in [0.25, 0.3) is 0 Å². The van der Waals surface area contributed by atoms with Crippen LogP contribution in [0.5, 0.6) is 5.75 Å². The lowest BCUT2D eigenvalue weighted by Gasteiger charge is -2.17. The van der Waals surface area contributed by atoms with E-state index in [1.807, 2.05) is 61.5 Å². The molecule has 0 aliphatic carbocycles. The zero-order valence-electron chi connectivity index (χ0n) is 16.4. The Morgan fingerprint density at radius 3 is 2.34 bits per heavy atom. The van der Waals surface area contributed by atoms with E-state index in [9.17, 15) is 9.59 Å². The number of hydrogen-bond donors (Lipinski definition) is 1. The summed E-state index contributed by atoms with van der Waals surface area (Å²) in [6, 6.07) is 24.4. The molecule has 0 fully saturated rings. The van der Waals surface area contributed by atoms with Gasteiger partial charge in [0.2, 0.25) is 5.91 Å². The van der Waals surface area contributed by atoms with Gasteiger partial charge in [0.1, 0.15) is 11.0 Å². The summed E-state index contributed by atoms with van der Waals surface area (Å²) in [5.41, 5.74) is 2.08. The number of ketones is 1. The highest BCUT2D eigenvalue weighted by Gasteiger charge is 2.22. The van der Waals surface area contributed by atoms with Gasteiger partial charge >= 0.3 is 0 Å². The standard InChI is InChI=1S/C24H23NO3S/c1-3-28-21-12-14-22(15-13-21)29-23(18-8-5-4-6-9-18)24(27)25-20-11-7-10-19(16-20)17(2)26/h4-16,23H,3H2,1-2H3,(H,25,27). The van der Waals surface area contributed by atoms with Gasteiger partial charge in [0.15, 0.2) is 5.78 Å². The van der Waals surface area contributed by atoms with Gasteiger partial charge in [0.05, 0.1) is 6.61 Å². The third-order valence-electron chi connectivity index (χ3n) is 4.27. The summed E-state index contributed by atoms with van der Waals surface area (Å²) < 4.78 is 5.49. The van der Waals surface area contributed by atoms with Crippen molar-refractivity contribution in [2.75, 3.05) is 11.9 Å². The zero-order valence-corrected chi connectivity index (χ0v) is 17.2. The number of nitrogens with one attached hydrogen (secondary N) is 1. The molecule has 0 bridgehead atoms. The Labute approximate surface area is 175 Å². The van der Waals surface area contributed by atoms with E-state index in [1.54, 1.807) is 24.3 Å². The molecule has 5 heteroatoms. The van der Waals surface area contributed by atoms with Crippen LogP contribution in [0.2, 0.25) is 0 Å². The molecule has 0 aliphatic rings. The molecule has 0 aromatic heterocycles. The molecule has 0 heterocycles. The fraction of sp³-hybridized carbons (Fsp3) is 0.167. The van der Waals surface area contributed by atoms with Crippen molar-refractivity contribution in [2.45, 2.75) is 24.0 Å². The van der Waals surface area contributed by atoms with Crippen molar-refractivity contribution in [1.29, 1.82) is 0 Å². The highest BCUT2D eigenvalue weighted by atomic mass is 32.2. The van der Waals surface area contributed by atoms with Crippen LogP contribution in [0.15, 0.2) is 83.8 Å². The minimum Gasteiger partial charge on any atom is -0.494 e. The number of ether oxygens (including phenoxy) is 1. The SMILES string of the molecule is CCOc1ccc(SC(C(=O)Nc2cccc(C(C)=O)c2)c2ccccc2)cc1. The maximum Gasteiger partial charge on any atom is 0.242 e. The Bertz CT molecular complexity index is 971. The average Bonchev–Trinajstić information content (AvgIpc) is 2.74. The Hall–Kier alpha value is -3.05. The lowest BCUT2D eigenvalue weighted by atomic mass is 10.1. The van der Waals surface area contributed by atoms with Crippen LogP contribution in [0, 0.1) is 0 Å². The Morgan fingerprint density at radius 2 is 1.69 bits per heavy atom. The number of anilines is 1. The first-order chi connectivity index (χ1) is 14.1. The minimum atomic E-state index is -0.435. The number of Topliss-reactive ketones (excluding diaryl/α,β-unsaturated/α-hetero) is 1. The predicted octanol–water partition coefficient (Wildman–Crippen LogP) is 5.76. The Balaban J connectivity index is 1.82. The molecule has 1 N–H and O–H groups in total. The van der Waals surface area contributed by atoms with Crippen molar-refractivity contribution in [2.24, 2.45) is 0 Å². The molecule has 1 unspecified atom stereocenters. The smallest absolute Gasteiger partial charge is 0.242 e. The van der Waals surface area contributed by atoms with Gasteiger partial charge in [-0.15, -0.1) is 11.8 Å². The molecule has 1 amide bonds. The summed E-state index contributed by atoms with van der Waals surface area (Å²) >= 11 is 1.47. The number of thioether (sulfide) groups is 1. The van der Waals surface area contributed by atoms with Crippen molar-refractivity contribution in [3.05, 3.63) is 90.0 Å². The summed E-state index contributed by atoms with van der Waals surface area (Å²) in [6.45, 7) is 4.07. The molecular formula is C24H23NO3S. The number of hydrogen-bond acceptors (Lipinski definition) is 4. The van der Waals surface area contributed by atoms with Crippen molar-refractivity contribution in [1.82, 2.24) is 0 Å². The topological polar surface area (TPSA) is 55.4 Å². The average molecular weight is 406 g/mol. The number of carbonyl (C=O) groups excluding carboxylic acids is 2. The van der Waals surface area contributed by atoms with Crippen LogP contribution < -0.4 is 10.1 Å². The first kappa shape index (κ1) is 20.7. The maximum absolute atomic E-state index is 13.1. The second-order valence-corrected chi connectivity index (χ2v) is 7.62. The molecule has 0 aliphatic heterocycles. The first-order valence-corrected chi connectivity index (χ1v) is 10.3. The number of benzene rings is 3. The van der Waals surface area contributed by atoms with Crippen molar-refractivity contribution >= 4 is 29.1 Å². The molecule has 29 heavy (non-hydrogen) atoms. The van der Waals surface area contributed by atoms with Gasteiger partial charge in [-0.2, -0.15) is 0 Å². The summed E-state index contributed by atoms with van der Waals surface area (Å²) in [6.07, 6.45) is 0. The Kier molecular flexibility index (Phi) is 7.09. The van der Waals surface area contributed by atoms with Crippen LogP contribution in [0.3, 0.4) is 0 Å². The molecule has 148 valence electrons. The van der Waals surface area contributed by atoms with Crippen molar-refractivity contribution in [3.63, 3.8) is 0 Å². The minimum absolute atomic E-state index is 0.0375. The molecule has 3 rings (SSSR count). The number of amides is 1. The summed E-state index contributed by atoms with van der Waals surface area (Å²) in [5, 5.41) is 2.52. The van der Waals surface area contributed by atoms with Crippen LogP contribution in [-0.2, 0) is 4.79 Å². The van der Waals surface area contributed by atoms with E-state index in [0.717, 1.165) is 16.2 Å². The van der Waals surface area contributed by atoms with Gasteiger partial charge in [0, 0.05) is 16.1 Å². The third-order valence-corrected chi connectivity index (χ3v) is 5.53. The van der Waals surface area contributed by atoms with Gasteiger partial charge in [-0.05, 0) is 55.8 Å². The maximum atomic E-state index is 13.1. The summed E-state index contributed by atoms with van der Waals surface area (Å²) in [5.74, 6) is 0.624. The molecule has 0 saturated carbocycles. The Morgan fingerprint density at radius 1 is 0.966 bits per heavy atom. The van der Waals surface area contributed by atoms with E-state index < -0.39 is 5.25 Å². The van der Waals surface area contributed by atoms with E-state index in [-0.39, 0.29) is 11.7 Å². The van der Waals surface area contributed by atoms with Crippen LogP contribution in [-0.4, -0.2) is 18.3 Å². The molecule has 0 saturated heterocycles. The van der Waals surface area contributed by atoms with Gasteiger partial charge in [-0.1, -0.05) is 42.5 Å². The van der Waals surface area contributed by atoms with Gasteiger partial charge < -0.3 is 10.1 Å². The van der Waals surface area contributed by atoms with Crippen LogP contribution in [0.1, 0.15) is 35.0 Å². The second kappa shape index (κ2) is 9.94. The highest BCUT2D eigenvalue weighted by Crippen LogP contribution is 2.37. The molecule has 4 nitrogen and oxygen atoms in total. The number of rotatable bonds is 8. The first-order valence-electron chi connectivity index (χ1n) is 9.43. The van der Waals surface area contributed by atoms with Crippen molar-refractivity contribution < 1.29 is 14.3 Å². The number of carbonyl (C=O) groups is 2. The van der Waals surface area contributed by atoms with E-state index in [4.69, 9.17) is 4.74 Å². The van der Waals surface area contributed by atoms with Crippen LogP contribution >= 0.6 is 11.8 Å². The van der Waals surface area contributed by atoms with Gasteiger partial charge in [-0.25, -0.2) is 0 Å². The monoisotopic (exact) mass is 405 g/mol. The van der Waals surface area contributed by atoms with E-state index in [1.165, 1.54) is 18.7 Å². The van der Waals surface area contributed by atoms with Crippen molar-refractivity contribution in [3.8, 4) is 5.75 Å². The lowest BCUT2D eigenvalue weighted by Crippen LogP contribution is -2.19. The quantitative estimate of drug-likeness (QED) is 0.382.